The lowest BCUT2D eigenvalue weighted by Gasteiger charge is -2.32. The lowest BCUT2D eigenvalue weighted by atomic mass is 9.86. The van der Waals surface area contributed by atoms with Crippen molar-refractivity contribution in [1.82, 2.24) is 9.62 Å². The minimum Gasteiger partial charge on any atom is -0.348 e. The van der Waals surface area contributed by atoms with Crippen LogP contribution in [-0.4, -0.2) is 57.4 Å². The average molecular weight is 407 g/mol. The summed E-state index contributed by atoms with van der Waals surface area (Å²) in [5.41, 5.74) is 0.865. The second-order valence-corrected chi connectivity index (χ2v) is 9.84. The number of quaternary nitrogens is 1. The molecule has 28 heavy (non-hydrogen) atoms. The van der Waals surface area contributed by atoms with Crippen molar-refractivity contribution in [2.24, 2.45) is 5.92 Å². The molecule has 1 heterocycles. The molecule has 2 aliphatic rings. The minimum absolute atomic E-state index is 0.0917. The predicted octanol–water partition coefficient (Wildman–Crippen LogP) is 0.883. The van der Waals surface area contributed by atoms with Gasteiger partial charge in [0.25, 0.3) is 5.91 Å². The van der Waals surface area contributed by atoms with Gasteiger partial charge in [-0.15, -0.1) is 0 Å². The highest BCUT2D eigenvalue weighted by molar-refractivity contribution is 7.92. The first kappa shape index (κ1) is 21.0. The number of nitrogens with zero attached hydrogens (tertiary/aromatic N) is 1. The summed E-state index contributed by atoms with van der Waals surface area (Å²) in [7, 11) is -3.42. The molecular weight excluding hydrogens is 374 g/mol. The zero-order valence-corrected chi connectivity index (χ0v) is 17.5. The van der Waals surface area contributed by atoms with E-state index < -0.39 is 10.0 Å². The van der Waals surface area contributed by atoms with E-state index in [-0.39, 0.29) is 5.91 Å². The summed E-state index contributed by atoms with van der Waals surface area (Å²) >= 11 is 0. The van der Waals surface area contributed by atoms with Crippen LogP contribution in [0.4, 0.5) is 0 Å². The van der Waals surface area contributed by atoms with Crippen molar-refractivity contribution in [1.29, 1.82) is 0 Å². The summed E-state index contributed by atoms with van der Waals surface area (Å²) in [6, 6.07) is 9.71. The fourth-order valence-electron chi connectivity index (χ4n) is 4.06. The maximum Gasteiger partial charge on any atom is 0.275 e. The van der Waals surface area contributed by atoms with E-state index in [2.05, 4.69) is 12.2 Å². The van der Waals surface area contributed by atoms with Gasteiger partial charge < -0.3 is 10.2 Å². The number of carbonyl (C=O) groups excluding carboxylic acids is 1. The number of amides is 1. The molecule has 6 nitrogen and oxygen atoms in total. The van der Waals surface area contributed by atoms with E-state index in [4.69, 9.17) is 0 Å². The molecule has 3 rings (SSSR count). The van der Waals surface area contributed by atoms with Crippen LogP contribution in [0.3, 0.4) is 0 Å². The number of carbonyl (C=O) groups is 1. The summed E-state index contributed by atoms with van der Waals surface area (Å²) in [6.07, 6.45) is 6.34. The molecule has 0 aromatic heterocycles. The normalized spacial score (nSPS) is 25.0. The summed E-state index contributed by atoms with van der Waals surface area (Å²) in [5, 5.41) is 4.48. The van der Waals surface area contributed by atoms with Crippen molar-refractivity contribution in [3.63, 3.8) is 0 Å². The zero-order chi connectivity index (χ0) is 20.0. The topological polar surface area (TPSA) is 70.9 Å². The Kier molecular flexibility index (Phi) is 7.26. The van der Waals surface area contributed by atoms with Gasteiger partial charge >= 0.3 is 0 Å². The van der Waals surface area contributed by atoms with Crippen LogP contribution in [0.15, 0.2) is 35.7 Å². The van der Waals surface area contributed by atoms with E-state index in [1.165, 1.54) is 29.0 Å². The molecule has 1 aliphatic heterocycles. The van der Waals surface area contributed by atoms with Gasteiger partial charge in [-0.1, -0.05) is 50.1 Å². The van der Waals surface area contributed by atoms with Crippen molar-refractivity contribution in [3.05, 3.63) is 41.3 Å². The number of rotatable bonds is 6. The molecule has 1 aliphatic carbocycles. The fraction of sp³-hybridized carbons (Fsp3) is 0.571. The van der Waals surface area contributed by atoms with Gasteiger partial charge in [-0.05, 0) is 30.4 Å². The number of benzene rings is 1. The SMILES string of the molecule is C[C@H]1CCCC[C@H]1NC(=O)C[NH+]1CCN(S(=O)(=O)/C=C/c2ccccc2)CC1. The third kappa shape index (κ3) is 5.90. The van der Waals surface area contributed by atoms with Crippen LogP contribution in [0, 0.1) is 5.92 Å². The Morgan fingerprint density at radius 2 is 1.86 bits per heavy atom. The number of hydrogen-bond donors (Lipinski definition) is 2. The molecule has 1 amide bonds. The van der Waals surface area contributed by atoms with Crippen molar-refractivity contribution in [2.45, 2.75) is 38.6 Å². The number of nitrogens with one attached hydrogen (secondary N) is 2. The van der Waals surface area contributed by atoms with E-state index >= 15 is 0 Å². The highest BCUT2D eigenvalue weighted by Crippen LogP contribution is 2.23. The van der Waals surface area contributed by atoms with Gasteiger partial charge in [-0.3, -0.25) is 4.79 Å². The molecule has 2 atom stereocenters. The van der Waals surface area contributed by atoms with Crippen LogP contribution in [0.25, 0.3) is 6.08 Å². The second-order valence-electron chi connectivity index (χ2n) is 8.02. The van der Waals surface area contributed by atoms with E-state index in [0.29, 0.717) is 44.7 Å². The molecular formula is C21H32N3O3S+. The third-order valence-electron chi connectivity index (χ3n) is 5.89. The number of hydrogen-bond acceptors (Lipinski definition) is 3. The lowest BCUT2D eigenvalue weighted by Crippen LogP contribution is -3.15. The molecule has 7 heteroatoms. The fourth-order valence-corrected chi connectivity index (χ4v) is 5.26. The maximum atomic E-state index is 12.5. The van der Waals surface area contributed by atoms with Gasteiger partial charge in [0.15, 0.2) is 6.54 Å². The van der Waals surface area contributed by atoms with Gasteiger partial charge in [0.2, 0.25) is 10.0 Å². The van der Waals surface area contributed by atoms with Crippen LogP contribution in [0.2, 0.25) is 0 Å². The van der Waals surface area contributed by atoms with E-state index in [1.54, 1.807) is 6.08 Å². The van der Waals surface area contributed by atoms with Crippen molar-refractivity contribution in [2.75, 3.05) is 32.7 Å². The smallest absolute Gasteiger partial charge is 0.275 e. The third-order valence-corrected chi connectivity index (χ3v) is 7.45. The Morgan fingerprint density at radius 1 is 1.18 bits per heavy atom. The Hall–Kier alpha value is -1.70. The van der Waals surface area contributed by atoms with Crippen molar-refractivity contribution < 1.29 is 18.1 Å². The first-order valence-electron chi connectivity index (χ1n) is 10.3. The molecule has 1 aromatic rings. The Balaban J connectivity index is 1.46. The molecule has 0 bridgehead atoms. The van der Waals surface area contributed by atoms with Crippen LogP contribution in [-0.2, 0) is 14.8 Å². The number of piperazine rings is 1. The second kappa shape index (κ2) is 9.67. The van der Waals surface area contributed by atoms with Crippen LogP contribution in [0.1, 0.15) is 38.2 Å². The summed E-state index contributed by atoms with van der Waals surface area (Å²) in [6.45, 7) is 4.85. The van der Waals surface area contributed by atoms with Gasteiger partial charge in [-0.2, -0.15) is 4.31 Å². The minimum atomic E-state index is -3.42. The number of sulfonamides is 1. The maximum absolute atomic E-state index is 12.5. The molecule has 0 radical (unpaired) electrons. The van der Waals surface area contributed by atoms with Crippen LogP contribution in [0.5, 0.6) is 0 Å². The largest absolute Gasteiger partial charge is 0.348 e. The molecule has 0 unspecified atom stereocenters. The van der Waals surface area contributed by atoms with Gasteiger partial charge in [-0.25, -0.2) is 8.42 Å². The van der Waals surface area contributed by atoms with Gasteiger partial charge in [0, 0.05) is 11.4 Å². The summed E-state index contributed by atoms with van der Waals surface area (Å²) in [5.74, 6) is 0.639. The quantitative estimate of drug-likeness (QED) is 0.737. The predicted molar refractivity (Wildman–Crippen MR) is 111 cm³/mol. The van der Waals surface area contributed by atoms with E-state index in [0.717, 1.165) is 16.9 Å². The van der Waals surface area contributed by atoms with E-state index in [9.17, 15) is 13.2 Å². The van der Waals surface area contributed by atoms with Gasteiger partial charge in [0.05, 0.1) is 26.2 Å². The van der Waals surface area contributed by atoms with Gasteiger partial charge in [0.1, 0.15) is 0 Å². The molecule has 154 valence electrons. The zero-order valence-electron chi connectivity index (χ0n) is 16.6. The summed E-state index contributed by atoms with van der Waals surface area (Å²) < 4.78 is 26.6. The highest BCUT2D eigenvalue weighted by atomic mass is 32.2. The van der Waals surface area contributed by atoms with Crippen molar-refractivity contribution in [3.8, 4) is 0 Å². The Labute approximate surface area is 168 Å². The summed E-state index contributed by atoms with van der Waals surface area (Å²) in [4.78, 5) is 13.5. The average Bonchev–Trinajstić information content (AvgIpc) is 2.69. The highest BCUT2D eigenvalue weighted by Gasteiger charge is 2.29. The molecule has 0 spiro atoms. The first-order valence-corrected chi connectivity index (χ1v) is 11.8. The molecule has 2 N–H and O–H groups in total. The monoisotopic (exact) mass is 406 g/mol. The molecule has 2 fully saturated rings. The molecule has 1 aromatic carbocycles. The van der Waals surface area contributed by atoms with Crippen molar-refractivity contribution >= 4 is 22.0 Å². The van der Waals surface area contributed by atoms with E-state index in [1.807, 2.05) is 30.3 Å². The molecule has 1 saturated carbocycles. The Morgan fingerprint density at radius 3 is 2.54 bits per heavy atom. The lowest BCUT2D eigenvalue weighted by molar-refractivity contribution is -0.895. The Bertz CT molecular complexity index is 771. The molecule has 1 saturated heterocycles. The van der Waals surface area contributed by atoms with Crippen LogP contribution >= 0.6 is 0 Å². The van der Waals surface area contributed by atoms with Crippen LogP contribution < -0.4 is 10.2 Å². The standard InChI is InChI=1S/C21H31N3O3S/c1-18-7-5-6-10-20(18)22-21(25)17-23-12-14-24(15-13-23)28(26,27)16-11-19-8-3-2-4-9-19/h2-4,8-9,11,16,18,20H,5-7,10,12-15,17H2,1H3,(H,22,25)/p+1/b16-11+/t18-,20+/m0/s1. The first-order chi connectivity index (χ1) is 13.4.